The van der Waals surface area contributed by atoms with E-state index in [1.54, 1.807) is 6.08 Å². The van der Waals surface area contributed by atoms with Crippen LogP contribution in [0.5, 0.6) is 11.5 Å². The monoisotopic (exact) mass is 574 g/mol. The van der Waals surface area contributed by atoms with Crippen LogP contribution in [0.2, 0.25) is 0 Å². The molecule has 1 fully saturated rings. The number of rotatable bonds is 9. The van der Waals surface area contributed by atoms with Crippen LogP contribution < -0.4 is 14.8 Å². The van der Waals surface area contributed by atoms with Gasteiger partial charge in [0.15, 0.2) is 29.8 Å². The fraction of sp³-hybridized carbons (Fsp3) is 0.571. The summed E-state index contributed by atoms with van der Waals surface area (Å²) >= 11 is 0. The molecule has 41 heavy (non-hydrogen) atoms. The van der Waals surface area contributed by atoms with E-state index in [4.69, 9.17) is 24.1 Å². The summed E-state index contributed by atoms with van der Waals surface area (Å²) in [5, 5.41) is 33.7. The Morgan fingerprint density at radius 2 is 1.98 bits per heavy atom. The van der Waals surface area contributed by atoms with Crippen LogP contribution in [0.15, 0.2) is 24.0 Å². The average Bonchev–Trinajstić information content (AvgIpc) is 3.27. The Morgan fingerprint density at radius 1 is 1.24 bits per heavy atom. The zero-order valence-electron chi connectivity index (χ0n) is 23.2. The number of aliphatic carboxylic acids is 1. The summed E-state index contributed by atoms with van der Waals surface area (Å²) in [6.07, 6.45) is -2.03. The highest BCUT2D eigenvalue weighted by molar-refractivity contribution is 5.88. The number of ether oxygens (including phenoxy) is 4. The first-order chi connectivity index (χ1) is 19.3. The standard InChI is InChI=1S/C28H34N2O11/c1-13(25(34)35)29-24(33)14(2)39-20(32)12-16(31)26(36)40-18-7-8-28(37)19-11-15-5-6-17(38-4)22-21(15)27(28,23(18)41-22)9-10-30(19)3/h5-7,13-14,16,19,23,31,37H,8-12H2,1-4H3,(H,29,33)(H,34,35)/t13-,14-,16-,19-,23+,27+,28-/m0/s1. The number of amides is 1. The lowest BCUT2D eigenvalue weighted by Gasteiger charge is -2.61. The lowest BCUT2D eigenvalue weighted by molar-refractivity contribution is -0.173. The molecule has 5 rings (SSSR count). The van der Waals surface area contributed by atoms with Gasteiger partial charge in [-0.2, -0.15) is 0 Å². The summed E-state index contributed by atoms with van der Waals surface area (Å²) in [5.41, 5.74) is -0.242. The SMILES string of the molecule is COc1ccc2c3c1O[C@@H]1C(OC(=O)[C@@H](O)CC(=O)O[C@@H](C)C(=O)N[C@@H](C)C(=O)O)=CC[C@]4(O)[C@H](C2)N(C)CC[C@@]314. The van der Waals surface area contributed by atoms with E-state index in [2.05, 4.69) is 10.2 Å². The number of nitrogens with zero attached hydrogens (tertiary/aromatic N) is 1. The highest BCUT2D eigenvalue weighted by Crippen LogP contribution is 2.65. The van der Waals surface area contributed by atoms with Gasteiger partial charge in [-0.3, -0.25) is 14.4 Å². The zero-order valence-corrected chi connectivity index (χ0v) is 23.2. The van der Waals surface area contributed by atoms with Crippen molar-refractivity contribution in [2.24, 2.45) is 0 Å². The first-order valence-electron chi connectivity index (χ1n) is 13.5. The quantitative estimate of drug-likeness (QED) is 0.285. The molecule has 1 saturated heterocycles. The molecule has 13 nitrogen and oxygen atoms in total. The van der Waals surface area contributed by atoms with E-state index in [1.165, 1.54) is 21.0 Å². The maximum Gasteiger partial charge on any atom is 0.340 e. The number of hydrogen-bond donors (Lipinski definition) is 4. The van der Waals surface area contributed by atoms with Crippen LogP contribution in [-0.4, -0.2) is 101 Å². The minimum atomic E-state index is -1.92. The molecule has 1 aromatic carbocycles. The van der Waals surface area contributed by atoms with E-state index >= 15 is 0 Å². The third-order valence-corrected chi connectivity index (χ3v) is 8.82. The van der Waals surface area contributed by atoms with Crippen molar-refractivity contribution in [3.05, 3.63) is 35.1 Å². The van der Waals surface area contributed by atoms with Crippen molar-refractivity contribution in [3.8, 4) is 11.5 Å². The molecule has 1 aromatic rings. The number of carboxylic acid groups (broad SMARTS) is 1. The van der Waals surface area contributed by atoms with Crippen LogP contribution in [0.1, 0.15) is 44.2 Å². The molecule has 1 spiro atoms. The summed E-state index contributed by atoms with van der Waals surface area (Å²) in [6.45, 7) is 3.16. The van der Waals surface area contributed by atoms with Crippen LogP contribution in [-0.2, 0) is 40.5 Å². The molecule has 0 saturated carbocycles. The predicted octanol–water partition coefficient (Wildman–Crippen LogP) is -0.212. The molecule has 1 amide bonds. The van der Waals surface area contributed by atoms with Crippen molar-refractivity contribution in [2.45, 2.75) is 80.9 Å². The minimum Gasteiger partial charge on any atom is -0.493 e. The Balaban J connectivity index is 1.32. The number of hydrogen-bond acceptors (Lipinski definition) is 11. The van der Waals surface area contributed by atoms with Crippen molar-refractivity contribution in [1.29, 1.82) is 0 Å². The van der Waals surface area contributed by atoms with E-state index in [9.17, 15) is 29.4 Å². The molecule has 2 bridgehead atoms. The van der Waals surface area contributed by atoms with E-state index in [0.717, 1.165) is 11.1 Å². The van der Waals surface area contributed by atoms with E-state index in [-0.39, 0.29) is 18.2 Å². The van der Waals surface area contributed by atoms with Crippen LogP contribution in [0, 0.1) is 0 Å². The van der Waals surface area contributed by atoms with Gasteiger partial charge < -0.3 is 44.5 Å². The van der Waals surface area contributed by atoms with Crippen LogP contribution in [0.4, 0.5) is 0 Å². The highest BCUT2D eigenvalue weighted by atomic mass is 16.6. The minimum absolute atomic E-state index is 0.122. The fourth-order valence-electron chi connectivity index (χ4n) is 6.70. The number of aliphatic hydroxyl groups excluding tert-OH is 1. The molecule has 7 atom stereocenters. The number of benzene rings is 1. The van der Waals surface area contributed by atoms with Gasteiger partial charge in [-0.25, -0.2) is 4.79 Å². The number of esters is 2. The number of carbonyl (C=O) groups is 4. The Morgan fingerprint density at radius 3 is 2.66 bits per heavy atom. The maximum atomic E-state index is 12.9. The van der Waals surface area contributed by atoms with Gasteiger partial charge in [0, 0.05) is 18.0 Å². The second-order valence-electron chi connectivity index (χ2n) is 11.1. The summed E-state index contributed by atoms with van der Waals surface area (Å²) in [6, 6.07) is 2.39. The number of carboxylic acids is 1. The summed E-state index contributed by atoms with van der Waals surface area (Å²) in [5.74, 6) is -3.18. The van der Waals surface area contributed by atoms with Gasteiger partial charge in [-0.1, -0.05) is 6.07 Å². The fourth-order valence-corrected chi connectivity index (χ4v) is 6.70. The number of likely N-dealkylation sites (tertiary alicyclic amines) is 1. The van der Waals surface area contributed by atoms with E-state index < -0.39 is 65.6 Å². The van der Waals surface area contributed by atoms with E-state index in [1.807, 2.05) is 19.2 Å². The number of piperidine rings is 1. The second-order valence-corrected chi connectivity index (χ2v) is 11.1. The zero-order chi connectivity index (χ0) is 29.9. The number of aliphatic hydroxyl groups is 2. The predicted molar refractivity (Wildman–Crippen MR) is 139 cm³/mol. The average molecular weight is 575 g/mol. The third-order valence-electron chi connectivity index (χ3n) is 8.82. The van der Waals surface area contributed by atoms with Gasteiger partial charge in [0.05, 0.1) is 24.5 Å². The summed E-state index contributed by atoms with van der Waals surface area (Å²) < 4.78 is 22.5. The molecule has 222 valence electrons. The lowest BCUT2D eigenvalue weighted by Crippen LogP contribution is -2.74. The molecule has 13 heteroatoms. The Bertz CT molecular complexity index is 1330. The molecule has 4 N–H and O–H groups in total. The molecule has 2 aliphatic heterocycles. The summed E-state index contributed by atoms with van der Waals surface area (Å²) in [7, 11) is 3.50. The molecule has 4 aliphatic rings. The van der Waals surface area contributed by atoms with Crippen molar-refractivity contribution < 1.29 is 53.4 Å². The second kappa shape index (κ2) is 10.3. The normalized spacial score (nSPS) is 29.6. The summed E-state index contributed by atoms with van der Waals surface area (Å²) in [4.78, 5) is 50.3. The van der Waals surface area contributed by atoms with Crippen molar-refractivity contribution >= 4 is 23.8 Å². The molecule has 2 aliphatic carbocycles. The molecular formula is C28H34N2O11. The Hall–Kier alpha value is -3.68. The first-order valence-corrected chi connectivity index (χ1v) is 13.5. The Labute approximate surface area is 236 Å². The number of nitrogens with one attached hydrogen (secondary N) is 1. The van der Waals surface area contributed by atoms with E-state index in [0.29, 0.717) is 30.9 Å². The highest BCUT2D eigenvalue weighted by Gasteiger charge is 2.72. The molecule has 0 radical (unpaired) electrons. The molecule has 2 heterocycles. The van der Waals surface area contributed by atoms with Crippen LogP contribution in [0.3, 0.4) is 0 Å². The topological polar surface area (TPSA) is 181 Å². The first kappa shape index (κ1) is 28.8. The van der Waals surface area contributed by atoms with Gasteiger partial charge in [-0.15, -0.1) is 0 Å². The van der Waals surface area contributed by atoms with Crippen LogP contribution >= 0.6 is 0 Å². The van der Waals surface area contributed by atoms with Gasteiger partial charge in [-0.05, 0) is 58.0 Å². The molecular weight excluding hydrogens is 540 g/mol. The van der Waals surface area contributed by atoms with Crippen molar-refractivity contribution in [1.82, 2.24) is 10.2 Å². The number of methoxy groups -OCH3 is 1. The van der Waals surface area contributed by atoms with Crippen LogP contribution in [0.25, 0.3) is 0 Å². The largest absolute Gasteiger partial charge is 0.493 e. The van der Waals surface area contributed by atoms with Gasteiger partial charge in [0.25, 0.3) is 5.91 Å². The molecule has 0 unspecified atom stereocenters. The third kappa shape index (κ3) is 4.43. The number of carbonyl (C=O) groups excluding carboxylic acids is 3. The lowest BCUT2D eigenvalue weighted by atomic mass is 9.50. The van der Waals surface area contributed by atoms with Gasteiger partial charge >= 0.3 is 17.9 Å². The van der Waals surface area contributed by atoms with Gasteiger partial charge in [0.1, 0.15) is 11.8 Å². The van der Waals surface area contributed by atoms with Crippen molar-refractivity contribution in [2.75, 3.05) is 20.7 Å². The number of likely N-dealkylation sites (N-methyl/N-ethyl adjacent to an activating group) is 1. The maximum absolute atomic E-state index is 12.9. The van der Waals surface area contributed by atoms with Gasteiger partial charge in [0.2, 0.25) is 0 Å². The Kier molecular flexibility index (Phi) is 7.24. The van der Waals surface area contributed by atoms with Crippen molar-refractivity contribution in [3.63, 3.8) is 0 Å². The smallest absolute Gasteiger partial charge is 0.340 e. The molecule has 0 aromatic heterocycles.